The molecular weight excluding hydrogens is 364 g/mol. The predicted molar refractivity (Wildman–Crippen MR) is 91.2 cm³/mol. The average molecular weight is 388 g/mol. The molecule has 0 aliphatic carbocycles. The van der Waals surface area contributed by atoms with Gasteiger partial charge in [0.15, 0.2) is 0 Å². The first kappa shape index (κ1) is 24.6. The van der Waals surface area contributed by atoms with Crippen molar-refractivity contribution in [1.82, 2.24) is 10.6 Å². The highest BCUT2D eigenvalue weighted by Crippen LogP contribution is 1.83. The summed E-state index contributed by atoms with van der Waals surface area (Å²) in [4.78, 5) is 40.1. The van der Waals surface area contributed by atoms with Gasteiger partial charge in [0.2, 0.25) is 0 Å². The molecule has 0 fully saturated rings. The van der Waals surface area contributed by atoms with Crippen LogP contribution in [0.25, 0.3) is 0 Å². The molecule has 2 aliphatic heterocycles. The first-order chi connectivity index (χ1) is 13.0. The second kappa shape index (κ2) is 17.0. The zero-order valence-electron chi connectivity index (χ0n) is 14.7. The number of imide groups is 2. The van der Waals surface area contributed by atoms with E-state index in [0.717, 1.165) is 0 Å². The zero-order valence-corrected chi connectivity index (χ0v) is 14.7. The fourth-order valence-electron chi connectivity index (χ4n) is 1.38. The Hall–Kier alpha value is -2.44. The summed E-state index contributed by atoms with van der Waals surface area (Å²) in [6, 6.07) is 0. The topological polar surface area (TPSA) is 160 Å². The summed E-state index contributed by atoms with van der Waals surface area (Å²) in [6.45, 7) is 2.76. The van der Waals surface area contributed by atoms with Gasteiger partial charge in [-0.1, -0.05) is 0 Å². The van der Waals surface area contributed by atoms with Crippen molar-refractivity contribution >= 4 is 23.6 Å². The molecule has 0 saturated carbocycles. The number of amides is 4. The number of nitrogens with one attached hydrogen (secondary N) is 2. The van der Waals surface area contributed by atoms with E-state index in [-0.39, 0.29) is 36.8 Å². The fraction of sp³-hybridized carbons (Fsp3) is 0.500. The van der Waals surface area contributed by atoms with Crippen molar-refractivity contribution in [2.75, 3.05) is 52.9 Å². The highest BCUT2D eigenvalue weighted by molar-refractivity contribution is 6.13. The number of aliphatic hydroxyl groups is 2. The van der Waals surface area contributed by atoms with Gasteiger partial charge in [-0.25, -0.2) is 0 Å². The van der Waals surface area contributed by atoms with Gasteiger partial charge in [-0.2, -0.15) is 0 Å². The van der Waals surface area contributed by atoms with Crippen LogP contribution in [0.2, 0.25) is 0 Å². The van der Waals surface area contributed by atoms with Crippen LogP contribution < -0.4 is 10.6 Å². The van der Waals surface area contributed by atoms with Gasteiger partial charge < -0.3 is 24.4 Å². The minimum absolute atomic E-state index is 0.0413. The second-order valence-corrected chi connectivity index (χ2v) is 4.66. The molecule has 0 spiro atoms. The summed E-state index contributed by atoms with van der Waals surface area (Å²) in [6.07, 6.45) is 4.79. The Kier molecular flexibility index (Phi) is 15.5. The summed E-state index contributed by atoms with van der Waals surface area (Å²) in [5, 5.41) is 20.8. The Labute approximate surface area is 156 Å². The van der Waals surface area contributed by atoms with Gasteiger partial charge >= 0.3 is 0 Å². The molecule has 2 heterocycles. The third kappa shape index (κ3) is 16.8. The number of hydrogen-bond acceptors (Lipinski definition) is 9. The number of aliphatic hydroxyl groups excluding tert-OH is 2. The van der Waals surface area contributed by atoms with Gasteiger partial charge in [0, 0.05) is 24.3 Å². The molecule has 0 bridgehead atoms. The lowest BCUT2D eigenvalue weighted by Gasteiger charge is -2.04. The van der Waals surface area contributed by atoms with E-state index in [2.05, 4.69) is 0 Å². The summed E-state index contributed by atoms with van der Waals surface area (Å²) in [5.74, 6) is -1.31. The third-order valence-corrected chi connectivity index (χ3v) is 2.48. The van der Waals surface area contributed by atoms with Gasteiger partial charge in [0.05, 0.1) is 52.9 Å². The minimum atomic E-state index is -0.329. The smallest absolute Gasteiger partial charge is 0.250 e. The van der Waals surface area contributed by atoms with Crippen molar-refractivity contribution in [2.24, 2.45) is 0 Å². The van der Waals surface area contributed by atoms with Gasteiger partial charge in [0.25, 0.3) is 23.6 Å². The number of hydrogen-bond donors (Lipinski definition) is 4. The van der Waals surface area contributed by atoms with E-state index in [0.29, 0.717) is 39.6 Å². The van der Waals surface area contributed by atoms with Crippen molar-refractivity contribution in [1.29, 1.82) is 0 Å². The quantitative estimate of drug-likeness (QED) is 0.233. The van der Waals surface area contributed by atoms with Crippen LogP contribution in [0.5, 0.6) is 0 Å². The molecule has 152 valence electrons. The van der Waals surface area contributed by atoms with E-state index < -0.39 is 0 Å². The monoisotopic (exact) mass is 388 g/mol. The van der Waals surface area contributed by atoms with E-state index >= 15 is 0 Å². The molecule has 0 aromatic carbocycles. The molecule has 0 aromatic rings. The van der Waals surface area contributed by atoms with Gasteiger partial charge in [-0.05, 0) is 0 Å². The maximum absolute atomic E-state index is 10.0. The lowest BCUT2D eigenvalue weighted by molar-refractivity contribution is -0.125. The SMILES string of the molecule is O=C1C=CC(=O)N1.O=C1C=CC(=O)N1.OCCOCCOCCOCCO. The average Bonchev–Trinajstić information content (AvgIpc) is 3.21. The Balaban J connectivity index is 0.000000405. The van der Waals surface area contributed by atoms with Crippen LogP contribution in [0.15, 0.2) is 24.3 Å². The van der Waals surface area contributed by atoms with E-state index in [9.17, 15) is 19.2 Å². The number of ether oxygens (including phenoxy) is 3. The molecule has 4 N–H and O–H groups in total. The van der Waals surface area contributed by atoms with E-state index in [1.807, 2.05) is 10.6 Å². The first-order valence-corrected chi connectivity index (χ1v) is 8.00. The highest BCUT2D eigenvalue weighted by Gasteiger charge is 2.07. The summed E-state index contributed by atoms with van der Waals surface area (Å²) in [7, 11) is 0. The van der Waals surface area contributed by atoms with Gasteiger partial charge in [-0.3, -0.25) is 29.8 Å². The van der Waals surface area contributed by atoms with Crippen LogP contribution in [-0.4, -0.2) is 86.7 Å². The van der Waals surface area contributed by atoms with E-state index in [1.165, 1.54) is 24.3 Å². The molecule has 27 heavy (non-hydrogen) atoms. The van der Waals surface area contributed by atoms with Crippen LogP contribution in [-0.2, 0) is 33.4 Å². The van der Waals surface area contributed by atoms with Crippen LogP contribution in [0.1, 0.15) is 0 Å². The predicted octanol–water partition coefficient (Wildman–Crippen LogP) is -2.58. The number of rotatable bonds is 10. The van der Waals surface area contributed by atoms with Crippen molar-refractivity contribution < 1.29 is 43.6 Å². The minimum Gasteiger partial charge on any atom is -0.394 e. The molecule has 2 aliphatic rings. The van der Waals surface area contributed by atoms with Crippen molar-refractivity contribution in [3.05, 3.63) is 24.3 Å². The van der Waals surface area contributed by atoms with Gasteiger partial charge in [0.1, 0.15) is 0 Å². The molecule has 4 amide bonds. The van der Waals surface area contributed by atoms with Crippen LogP contribution in [0.4, 0.5) is 0 Å². The van der Waals surface area contributed by atoms with Crippen molar-refractivity contribution in [3.8, 4) is 0 Å². The summed E-state index contributed by atoms with van der Waals surface area (Å²) >= 11 is 0. The van der Waals surface area contributed by atoms with Gasteiger partial charge in [-0.15, -0.1) is 0 Å². The lowest BCUT2D eigenvalue weighted by atomic mass is 10.6. The third-order valence-electron chi connectivity index (χ3n) is 2.48. The van der Waals surface area contributed by atoms with Crippen LogP contribution in [0.3, 0.4) is 0 Å². The maximum Gasteiger partial charge on any atom is 0.250 e. The van der Waals surface area contributed by atoms with Crippen molar-refractivity contribution in [3.63, 3.8) is 0 Å². The Morgan fingerprint density at radius 3 is 1.00 bits per heavy atom. The Morgan fingerprint density at radius 1 is 0.556 bits per heavy atom. The standard InChI is InChI=1S/C8H18O5.2C4H3NO2/c9-1-3-11-5-7-13-8-6-12-4-2-10;2*6-3-1-2-4(7)5-3/h9-10H,1-8H2;2*1-2H,(H,5,6,7). The zero-order chi connectivity index (χ0) is 20.3. The molecule has 0 atom stereocenters. The molecule has 0 radical (unpaired) electrons. The summed E-state index contributed by atoms with van der Waals surface area (Å²) in [5.41, 5.74) is 0. The Bertz CT molecular complexity index is 454. The molecule has 2 rings (SSSR count). The lowest BCUT2D eigenvalue weighted by Crippen LogP contribution is -2.19. The van der Waals surface area contributed by atoms with Crippen molar-refractivity contribution in [2.45, 2.75) is 0 Å². The summed E-state index contributed by atoms with van der Waals surface area (Å²) < 4.78 is 15.0. The second-order valence-electron chi connectivity index (χ2n) is 4.66. The highest BCUT2D eigenvalue weighted by atomic mass is 16.5. The molecular formula is C16H24N2O9. The van der Waals surface area contributed by atoms with E-state index in [4.69, 9.17) is 24.4 Å². The van der Waals surface area contributed by atoms with Crippen LogP contribution >= 0.6 is 0 Å². The number of carbonyl (C=O) groups is 4. The molecule has 0 saturated heterocycles. The normalized spacial score (nSPS) is 14.3. The number of carbonyl (C=O) groups excluding carboxylic acids is 4. The molecule has 0 unspecified atom stereocenters. The van der Waals surface area contributed by atoms with Crippen LogP contribution in [0, 0.1) is 0 Å². The molecule has 0 aromatic heterocycles. The largest absolute Gasteiger partial charge is 0.394 e. The molecule has 11 heteroatoms. The fourth-order valence-corrected chi connectivity index (χ4v) is 1.38. The van der Waals surface area contributed by atoms with E-state index in [1.54, 1.807) is 0 Å². The molecule has 11 nitrogen and oxygen atoms in total. The maximum atomic E-state index is 10.0. The first-order valence-electron chi connectivity index (χ1n) is 8.00. The Morgan fingerprint density at radius 2 is 0.815 bits per heavy atom.